The highest BCUT2D eigenvalue weighted by Crippen LogP contribution is 2.18. The first kappa shape index (κ1) is 6.58. The van der Waals surface area contributed by atoms with Gasteiger partial charge >= 0.3 is 0 Å². The standard InChI is InChI=1S/C7H14N2O/c10-7-3-6-4-8-1-2-9(6)5-7/h6-8,10H,1-5H2/t6-,7-/m0/s1. The van der Waals surface area contributed by atoms with E-state index >= 15 is 0 Å². The fourth-order valence-corrected chi connectivity index (χ4v) is 1.94. The van der Waals surface area contributed by atoms with Gasteiger partial charge in [0.15, 0.2) is 0 Å². The van der Waals surface area contributed by atoms with Crippen LogP contribution in [0.5, 0.6) is 0 Å². The Labute approximate surface area is 61.0 Å². The van der Waals surface area contributed by atoms with Crippen LogP contribution in [0.25, 0.3) is 0 Å². The number of rotatable bonds is 0. The first-order valence-corrected chi connectivity index (χ1v) is 3.99. The molecule has 2 N–H and O–H groups in total. The summed E-state index contributed by atoms with van der Waals surface area (Å²) in [6, 6.07) is 0.615. The number of hydrogen-bond acceptors (Lipinski definition) is 3. The molecule has 0 amide bonds. The molecule has 2 aliphatic rings. The number of nitrogens with one attached hydrogen (secondary N) is 1. The molecule has 0 aromatic heterocycles. The predicted octanol–water partition coefficient (Wildman–Crippen LogP) is -0.975. The molecule has 2 aliphatic heterocycles. The number of aliphatic hydroxyl groups excluding tert-OH is 1. The highest BCUT2D eigenvalue weighted by Gasteiger charge is 2.31. The third kappa shape index (κ3) is 1.05. The number of hydrogen-bond donors (Lipinski definition) is 2. The second kappa shape index (κ2) is 2.49. The summed E-state index contributed by atoms with van der Waals surface area (Å²) in [6.45, 7) is 4.16. The van der Waals surface area contributed by atoms with Crippen LogP contribution in [-0.4, -0.2) is 48.3 Å². The lowest BCUT2D eigenvalue weighted by Gasteiger charge is -2.29. The molecule has 2 heterocycles. The Morgan fingerprint density at radius 2 is 2.40 bits per heavy atom. The van der Waals surface area contributed by atoms with Gasteiger partial charge in [-0.15, -0.1) is 0 Å². The van der Waals surface area contributed by atoms with Crippen LogP contribution in [0, 0.1) is 0 Å². The van der Waals surface area contributed by atoms with E-state index < -0.39 is 0 Å². The maximum absolute atomic E-state index is 9.29. The third-order valence-corrected chi connectivity index (χ3v) is 2.46. The SMILES string of the molecule is O[C@H]1C[C@H]2CNCCN2C1. The van der Waals surface area contributed by atoms with Crippen molar-refractivity contribution >= 4 is 0 Å². The molecule has 10 heavy (non-hydrogen) atoms. The molecule has 0 bridgehead atoms. The Morgan fingerprint density at radius 1 is 1.50 bits per heavy atom. The zero-order chi connectivity index (χ0) is 6.97. The predicted molar refractivity (Wildman–Crippen MR) is 38.9 cm³/mol. The normalized spacial score (nSPS) is 41.7. The van der Waals surface area contributed by atoms with Crippen molar-refractivity contribution in [2.45, 2.75) is 18.6 Å². The van der Waals surface area contributed by atoms with Gasteiger partial charge in [-0.3, -0.25) is 4.90 Å². The van der Waals surface area contributed by atoms with Crippen LogP contribution in [0.4, 0.5) is 0 Å². The smallest absolute Gasteiger partial charge is 0.0682 e. The van der Waals surface area contributed by atoms with Crippen LogP contribution in [0.15, 0.2) is 0 Å². The van der Waals surface area contributed by atoms with Gasteiger partial charge in [0.1, 0.15) is 0 Å². The van der Waals surface area contributed by atoms with Gasteiger partial charge in [0.2, 0.25) is 0 Å². The van der Waals surface area contributed by atoms with Crippen molar-refractivity contribution in [3.63, 3.8) is 0 Å². The second-order valence-electron chi connectivity index (χ2n) is 3.24. The lowest BCUT2D eigenvalue weighted by Crippen LogP contribution is -2.47. The van der Waals surface area contributed by atoms with Gasteiger partial charge in [0, 0.05) is 32.2 Å². The zero-order valence-electron chi connectivity index (χ0n) is 6.08. The Bertz CT molecular complexity index is 115. The summed E-state index contributed by atoms with van der Waals surface area (Å²) in [4.78, 5) is 2.38. The van der Waals surface area contributed by atoms with E-state index in [0.717, 1.165) is 32.6 Å². The zero-order valence-corrected chi connectivity index (χ0v) is 6.08. The molecule has 2 saturated heterocycles. The summed E-state index contributed by atoms with van der Waals surface area (Å²) in [7, 11) is 0. The Hall–Kier alpha value is -0.120. The van der Waals surface area contributed by atoms with Crippen molar-refractivity contribution in [3.8, 4) is 0 Å². The largest absolute Gasteiger partial charge is 0.392 e. The second-order valence-corrected chi connectivity index (χ2v) is 3.24. The van der Waals surface area contributed by atoms with Gasteiger partial charge in [-0.1, -0.05) is 0 Å². The average Bonchev–Trinajstić information content (AvgIpc) is 2.27. The van der Waals surface area contributed by atoms with Crippen molar-refractivity contribution in [1.29, 1.82) is 0 Å². The molecule has 3 heteroatoms. The van der Waals surface area contributed by atoms with E-state index in [1.165, 1.54) is 0 Å². The molecule has 2 atom stereocenters. The molecular formula is C7H14N2O. The van der Waals surface area contributed by atoms with Crippen LogP contribution in [-0.2, 0) is 0 Å². The van der Waals surface area contributed by atoms with Crippen molar-refractivity contribution in [2.24, 2.45) is 0 Å². The van der Waals surface area contributed by atoms with E-state index in [-0.39, 0.29) is 6.10 Å². The minimum absolute atomic E-state index is 0.0649. The number of nitrogens with zero attached hydrogens (tertiary/aromatic N) is 1. The van der Waals surface area contributed by atoms with Gasteiger partial charge in [0.05, 0.1) is 6.10 Å². The topological polar surface area (TPSA) is 35.5 Å². The minimum Gasteiger partial charge on any atom is -0.392 e. The fraction of sp³-hybridized carbons (Fsp3) is 1.00. The lowest BCUT2D eigenvalue weighted by atomic mass is 10.2. The highest BCUT2D eigenvalue weighted by molar-refractivity contribution is 4.89. The Kier molecular flexibility index (Phi) is 1.64. The molecule has 2 fully saturated rings. The van der Waals surface area contributed by atoms with Gasteiger partial charge in [-0.2, -0.15) is 0 Å². The molecule has 0 aromatic rings. The molecule has 0 aliphatic carbocycles. The van der Waals surface area contributed by atoms with Crippen molar-refractivity contribution < 1.29 is 5.11 Å². The molecule has 0 radical (unpaired) electrons. The van der Waals surface area contributed by atoms with Crippen LogP contribution < -0.4 is 5.32 Å². The van der Waals surface area contributed by atoms with Gasteiger partial charge < -0.3 is 10.4 Å². The van der Waals surface area contributed by atoms with E-state index in [1.807, 2.05) is 0 Å². The summed E-state index contributed by atoms with van der Waals surface area (Å²) in [5.41, 5.74) is 0. The summed E-state index contributed by atoms with van der Waals surface area (Å²) >= 11 is 0. The number of aliphatic hydroxyl groups is 1. The molecule has 0 aromatic carbocycles. The van der Waals surface area contributed by atoms with E-state index in [0.29, 0.717) is 6.04 Å². The average molecular weight is 142 g/mol. The maximum Gasteiger partial charge on any atom is 0.0682 e. The molecular weight excluding hydrogens is 128 g/mol. The first-order chi connectivity index (χ1) is 4.86. The van der Waals surface area contributed by atoms with Gasteiger partial charge in [0.25, 0.3) is 0 Å². The number of fused-ring (bicyclic) bond motifs is 1. The summed E-state index contributed by atoms with van der Waals surface area (Å²) in [5.74, 6) is 0. The number of piperazine rings is 1. The van der Waals surface area contributed by atoms with E-state index in [1.54, 1.807) is 0 Å². The third-order valence-electron chi connectivity index (χ3n) is 2.46. The van der Waals surface area contributed by atoms with Gasteiger partial charge in [-0.25, -0.2) is 0 Å². The molecule has 0 saturated carbocycles. The molecule has 0 unspecified atom stereocenters. The van der Waals surface area contributed by atoms with E-state index in [4.69, 9.17) is 0 Å². The van der Waals surface area contributed by atoms with Gasteiger partial charge in [-0.05, 0) is 6.42 Å². The highest BCUT2D eigenvalue weighted by atomic mass is 16.3. The Morgan fingerprint density at radius 3 is 3.20 bits per heavy atom. The molecule has 3 nitrogen and oxygen atoms in total. The van der Waals surface area contributed by atoms with Crippen molar-refractivity contribution in [1.82, 2.24) is 10.2 Å². The summed E-state index contributed by atoms with van der Waals surface area (Å²) in [6.07, 6.45) is 0.900. The minimum atomic E-state index is -0.0649. The lowest BCUT2D eigenvalue weighted by molar-refractivity contribution is 0.170. The van der Waals surface area contributed by atoms with Crippen LogP contribution >= 0.6 is 0 Å². The molecule has 2 rings (SSSR count). The summed E-state index contributed by atoms with van der Waals surface area (Å²) in [5, 5.41) is 12.6. The quantitative estimate of drug-likeness (QED) is 0.456. The van der Waals surface area contributed by atoms with Crippen LogP contribution in [0.2, 0.25) is 0 Å². The maximum atomic E-state index is 9.29. The van der Waals surface area contributed by atoms with E-state index in [9.17, 15) is 5.11 Å². The van der Waals surface area contributed by atoms with Crippen LogP contribution in [0.1, 0.15) is 6.42 Å². The molecule has 58 valence electrons. The van der Waals surface area contributed by atoms with Crippen molar-refractivity contribution in [3.05, 3.63) is 0 Å². The first-order valence-electron chi connectivity index (χ1n) is 3.99. The monoisotopic (exact) mass is 142 g/mol. The molecule has 0 spiro atoms. The summed E-state index contributed by atoms with van der Waals surface area (Å²) < 4.78 is 0. The Balaban J connectivity index is 1.97. The van der Waals surface area contributed by atoms with Crippen LogP contribution in [0.3, 0.4) is 0 Å². The fourth-order valence-electron chi connectivity index (χ4n) is 1.94. The van der Waals surface area contributed by atoms with E-state index in [2.05, 4.69) is 10.2 Å². The van der Waals surface area contributed by atoms with Crippen molar-refractivity contribution in [2.75, 3.05) is 26.2 Å².